The summed E-state index contributed by atoms with van der Waals surface area (Å²) in [5.41, 5.74) is 2.58. The number of halogens is 2. The van der Waals surface area contributed by atoms with Crippen LogP contribution in [0.15, 0.2) is 48.8 Å². The minimum absolute atomic E-state index is 0.0915. The quantitative estimate of drug-likeness (QED) is 0.802. The summed E-state index contributed by atoms with van der Waals surface area (Å²) in [5.74, 6) is -0.463. The second kappa shape index (κ2) is 5.84. The number of benzene rings is 2. The molecule has 2 aromatic carbocycles. The summed E-state index contributed by atoms with van der Waals surface area (Å²) in [5, 5.41) is 10.3. The van der Waals surface area contributed by atoms with Gasteiger partial charge in [0.1, 0.15) is 5.82 Å². The predicted molar refractivity (Wildman–Crippen MR) is 80.9 cm³/mol. The number of aromatic nitrogens is 2. The fourth-order valence-electron chi connectivity index (χ4n) is 2.39. The second-order valence-corrected chi connectivity index (χ2v) is 5.40. The van der Waals surface area contributed by atoms with E-state index in [4.69, 9.17) is 11.6 Å². The zero-order chi connectivity index (χ0) is 14.8. The molecule has 3 nitrogen and oxygen atoms in total. The van der Waals surface area contributed by atoms with Crippen molar-refractivity contribution in [2.24, 2.45) is 0 Å². The summed E-state index contributed by atoms with van der Waals surface area (Å²) < 4.78 is 15.3. The lowest BCUT2D eigenvalue weighted by atomic mass is 10.1. The highest BCUT2D eigenvalue weighted by atomic mass is 35.5. The fourth-order valence-corrected chi connectivity index (χ4v) is 2.50. The molecule has 0 saturated heterocycles. The van der Waals surface area contributed by atoms with Gasteiger partial charge in [-0.25, -0.2) is 9.37 Å². The van der Waals surface area contributed by atoms with Gasteiger partial charge < -0.3 is 9.67 Å². The van der Waals surface area contributed by atoms with Crippen LogP contribution in [0.25, 0.3) is 11.0 Å². The van der Waals surface area contributed by atoms with E-state index in [1.807, 2.05) is 28.8 Å². The number of hydrogen-bond donors (Lipinski definition) is 1. The van der Waals surface area contributed by atoms with Crippen molar-refractivity contribution in [2.75, 3.05) is 0 Å². The molecule has 0 aliphatic heterocycles. The second-order valence-electron chi connectivity index (χ2n) is 4.99. The third kappa shape index (κ3) is 3.06. The van der Waals surface area contributed by atoms with E-state index in [0.29, 0.717) is 18.5 Å². The van der Waals surface area contributed by atoms with E-state index < -0.39 is 11.9 Å². The van der Waals surface area contributed by atoms with Gasteiger partial charge in [0.05, 0.1) is 35.0 Å². The van der Waals surface area contributed by atoms with Crippen LogP contribution in [-0.2, 0) is 13.0 Å². The molecule has 0 aliphatic rings. The van der Waals surface area contributed by atoms with Crippen molar-refractivity contribution in [1.82, 2.24) is 9.55 Å². The highest BCUT2D eigenvalue weighted by Gasteiger charge is 2.10. The molecule has 0 spiro atoms. The summed E-state index contributed by atoms with van der Waals surface area (Å²) in [6, 6.07) is 12.3. The average Bonchev–Trinajstić information content (AvgIpc) is 2.86. The number of fused-ring (bicyclic) bond motifs is 1. The van der Waals surface area contributed by atoms with Crippen molar-refractivity contribution in [1.29, 1.82) is 0 Å². The highest BCUT2D eigenvalue weighted by Crippen LogP contribution is 2.18. The van der Waals surface area contributed by atoms with E-state index in [9.17, 15) is 9.50 Å². The molecule has 0 radical (unpaired) electrons. The molecule has 3 aromatic rings. The molecule has 5 heteroatoms. The summed E-state index contributed by atoms with van der Waals surface area (Å²) >= 11 is 5.65. The van der Waals surface area contributed by atoms with Gasteiger partial charge in [-0.15, -0.1) is 0 Å². The Balaban J connectivity index is 1.74. The first-order valence-corrected chi connectivity index (χ1v) is 7.03. The standard InChI is InChI=1S/C16H14ClFN2O/c17-13-6-5-11(8-14(13)18)7-12(21)9-20-10-19-15-3-1-2-4-16(15)20/h1-6,8,10,12,21H,7,9H2. The van der Waals surface area contributed by atoms with E-state index in [-0.39, 0.29) is 5.02 Å². The number of aliphatic hydroxyl groups excluding tert-OH is 1. The van der Waals surface area contributed by atoms with Gasteiger partial charge in [-0.3, -0.25) is 0 Å². The van der Waals surface area contributed by atoms with Gasteiger partial charge in [-0.1, -0.05) is 29.8 Å². The van der Waals surface area contributed by atoms with Gasteiger partial charge in [-0.05, 0) is 29.8 Å². The average molecular weight is 305 g/mol. The molecule has 0 amide bonds. The van der Waals surface area contributed by atoms with Crippen molar-refractivity contribution < 1.29 is 9.50 Å². The van der Waals surface area contributed by atoms with Gasteiger partial charge in [0.2, 0.25) is 0 Å². The van der Waals surface area contributed by atoms with Gasteiger partial charge in [0.25, 0.3) is 0 Å². The Morgan fingerprint density at radius 1 is 1.24 bits per heavy atom. The summed E-state index contributed by atoms with van der Waals surface area (Å²) in [7, 11) is 0. The zero-order valence-electron chi connectivity index (χ0n) is 11.2. The molecule has 0 saturated carbocycles. The molecule has 1 aromatic heterocycles. The van der Waals surface area contributed by atoms with E-state index in [2.05, 4.69) is 4.98 Å². The Hall–Kier alpha value is -1.91. The van der Waals surface area contributed by atoms with Crippen molar-refractivity contribution in [2.45, 2.75) is 19.1 Å². The predicted octanol–water partition coefficient (Wildman–Crippen LogP) is 3.43. The van der Waals surface area contributed by atoms with Crippen molar-refractivity contribution in [3.05, 3.63) is 65.2 Å². The number of nitrogens with zero attached hydrogens (tertiary/aromatic N) is 2. The molecule has 0 fully saturated rings. The highest BCUT2D eigenvalue weighted by molar-refractivity contribution is 6.30. The van der Waals surface area contributed by atoms with Gasteiger partial charge in [0, 0.05) is 6.42 Å². The van der Waals surface area contributed by atoms with Crippen molar-refractivity contribution >= 4 is 22.6 Å². The van der Waals surface area contributed by atoms with Crippen LogP contribution in [0.2, 0.25) is 5.02 Å². The largest absolute Gasteiger partial charge is 0.391 e. The summed E-state index contributed by atoms with van der Waals surface area (Å²) in [6.07, 6.45) is 1.44. The SMILES string of the molecule is OC(Cc1ccc(Cl)c(F)c1)Cn1cnc2ccccc21. The number of para-hydroxylation sites is 2. The van der Waals surface area contributed by atoms with E-state index >= 15 is 0 Å². The Labute approximate surface area is 126 Å². The van der Waals surface area contributed by atoms with E-state index in [1.54, 1.807) is 12.4 Å². The molecule has 3 rings (SSSR count). The van der Waals surface area contributed by atoms with Crippen LogP contribution in [-0.4, -0.2) is 20.8 Å². The number of hydrogen-bond acceptors (Lipinski definition) is 2. The van der Waals surface area contributed by atoms with Crippen LogP contribution in [0.1, 0.15) is 5.56 Å². The van der Waals surface area contributed by atoms with Crippen LogP contribution in [0.4, 0.5) is 4.39 Å². The first-order valence-electron chi connectivity index (χ1n) is 6.65. The number of imidazole rings is 1. The minimum atomic E-state index is -0.622. The van der Waals surface area contributed by atoms with Gasteiger partial charge in [-0.2, -0.15) is 0 Å². The first kappa shape index (κ1) is 14.0. The molecule has 1 heterocycles. The minimum Gasteiger partial charge on any atom is -0.391 e. The first-order chi connectivity index (χ1) is 10.1. The Kier molecular flexibility index (Phi) is 3.90. The molecule has 0 aliphatic carbocycles. The lowest BCUT2D eigenvalue weighted by Crippen LogP contribution is -2.18. The van der Waals surface area contributed by atoms with E-state index in [0.717, 1.165) is 11.0 Å². The molecule has 1 N–H and O–H groups in total. The van der Waals surface area contributed by atoms with Crippen molar-refractivity contribution in [3.8, 4) is 0 Å². The normalized spacial score (nSPS) is 12.7. The molecule has 0 bridgehead atoms. The molecule has 108 valence electrons. The number of aliphatic hydroxyl groups is 1. The third-order valence-electron chi connectivity index (χ3n) is 3.39. The lowest BCUT2D eigenvalue weighted by Gasteiger charge is -2.12. The number of rotatable bonds is 4. The van der Waals surface area contributed by atoms with Crippen LogP contribution in [0, 0.1) is 5.82 Å². The lowest BCUT2D eigenvalue weighted by molar-refractivity contribution is 0.155. The Bertz CT molecular complexity index is 772. The van der Waals surface area contributed by atoms with Crippen LogP contribution in [0.3, 0.4) is 0 Å². The summed E-state index contributed by atoms with van der Waals surface area (Å²) in [4.78, 5) is 4.28. The molecule has 1 atom stereocenters. The van der Waals surface area contributed by atoms with Gasteiger partial charge in [0.15, 0.2) is 0 Å². The molecule has 1 unspecified atom stereocenters. The fraction of sp³-hybridized carbons (Fsp3) is 0.188. The monoisotopic (exact) mass is 304 g/mol. The van der Waals surface area contributed by atoms with E-state index in [1.165, 1.54) is 12.1 Å². The smallest absolute Gasteiger partial charge is 0.142 e. The van der Waals surface area contributed by atoms with Gasteiger partial charge >= 0.3 is 0 Å². The van der Waals surface area contributed by atoms with Crippen molar-refractivity contribution in [3.63, 3.8) is 0 Å². The Morgan fingerprint density at radius 2 is 2.05 bits per heavy atom. The Morgan fingerprint density at radius 3 is 2.86 bits per heavy atom. The molecule has 21 heavy (non-hydrogen) atoms. The van der Waals surface area contributed by atoms with Crippen LogP contribution >= 0.6 is 11.6 Å². The van der Waals surface area contributed by atoms with Crippen LogP contribution < -0.4 is 0 Å². The van der Waals surface area contributed by atoms with Crippen LogP contribution in [0.5, 0.6) is 0 Å². The molecular formula is C16H14ClFN2O. The third-order valence-corrected chi connectivity index (χ3v) is 3.70. The zero-order valence-corrected chi connectivity index (χ0v) is 12.0. The maximum atomic E-state index is 13.4. The maximum Gasteiger partial charge on any atom is 0.142 e. The summed E-state index contributed by atoms with van der Waals surface area (Å²) in [6.45, 7) is 0.407. The maximum absolute atomic E-state index is 13.4. The topological polar surface area (TPSA) is 38.0 Å². The molecular weight excluding hydrogens is 291 g/mol.